The van der Waals surface area contributed by atoms with Gasteiger partial charge in [0.2, 0.25) is 10.0 Å². The molecule has 1 aromatic heterocycles. The number of rotatable bonds is 10. The van der Waals surface area contributed by atoms with Crippen LogP contribution in [0, 0.1) is 0 Å². The fourth-order valence-corrected chi connectivity index (χ4v) is 5.89. The molecule has 0 saturated carbocycles. The minimum atomic E-state index is -3.85. The summed E-state index contributed by atoms with van der Waals surface area (Å²) in [6.07, 6.45) is 4.73. The highest BCUT2D eigenvalue weighted by Gasteiger charge is 2.34. The lowest BCUT2D eigenvalue weighted by molar-refractivity contribution is -0.122. The first-order valence-corrected chi connectivity index (χ1v) is 16.5. The predicted molar refractivity (Wildman–Crippen MR) is 177 cm³/mol. The predicted octanol–water partition coefficient (Wildman–Crippen LogP) is 5.87. The van der Waals surface area contributed by atoms with Gasteiger partial charge in [-0.25, -0.2) is 13.6 Å². The van der Waals surface area contributed by atoms with E-state index in [0.717, 1.165) is 21.8 Å². The molecule has 0 aliphatic carbocycles. The zero-order valence-corrected chi connectivity index (χ0v) is 27.1. The Morgan fingerprint density at radius 1 is 1.11 bits per heavy atom. The van der Waals surface area contributed by atoms with Crippen LogP contribution in [0.3, 0.4) is 0 Å². The second-order valence-electron chi connectivity index (χ2n) is 9.35. The van der Waals surface area contributed by atoms with Gasteiger partial charge in [0.1, 0.15) is 11.5 Å². The molecule has 11 nitrogen and oxygen atoms in total. The van der Waals surface area contributed by atoms with Crippen LogP contribution in [0.5, 0.6) is 5.75 Å². The molecule has 1 aliphatic rings. The maximum Gasteiger partial charge on any atom is 0.267 e. The van der Waals surface area contributed by atoms with E-state index in [-0.39, 0.29) is 24.0 Å². The summed E-state index contributed by atoms with van der Waals surface area (Å²) in [7, 11) is -3.85. The lowest BCUT2D eigenvalue weighted by atomic mass is 10.2. The lowest BCUT2D eigenvalue weighted by Gasteiger charge is -2.13. The van der Waals surface area contributed by atoms with Crippen molar-refractivity contribution >= 4 is 84.3 Å². The maximum absolute atomic E-state index is 13.6. The third-order valence-corrected chi connectivity index (χ3v) is 8.76. The van der Waals surface area contributed by atoms with Gasteiger partial charge in [0.25, 0.3) is 11.8 Å². The number of primary sulfonamides is 1. The highest BCUT2D eigenvalue weighted by atomic mass is 79.9. The molecule has 0 atom stereocenters. The quantitative estimate of drug-likeness (QED) is 0.118. The van der Waals surface area contributed by atoms with Crippen molar-refractivity contribution in [2.75, 3.05) is 11.9 Å². The van der Waals surface area contributed by atoms with Crippen molar-refractivity contribution in [2.45, 2.75) is 11.4 Å². The van der Waals surface area contributed by atoms with Crippen LogP contribution in [0.1, 0.15) is 16.9 Å². The van der Waals surface area contributed by atoms with Crippen molar-refractivity contribution in [1.82, 2.24) is 4.90 Å². The van der Waals surface area contributed by atoms with Crippen LogP contribution in [0.2, 0.25) is 5.02 Å². The Labute approximate surface area is 276 Å². The zero-order chi connectivity index (χ0) is 32.0. The summed E-state index contributed by atoms with van der Waals surface area (Å²) >= 11 is 10.5. The van der Waals surface area contributed by atoms with Gasteiger partial charge in [-0.1, -0.05) is 39.7 Å². The van der Waals surface area contributed by atoms with E-state index >= 15 is 0 Å². The van der Waals surface area contributed by atoms with Crippen LogP contribution >= 0.6 is 39.3 Å². The Hall–Kier alpha value is -4.21. The Balaban J connectivity index is 1.34. The van der Waals surface area contributed by atoms with E-state index in [1.54, 1.807) is 66.9 Å². The fourth-order valence-electron chi connectivity index (χ4n) is 3.95. The van der Waals surface area contributed by atoms with Gasteiger partial charge in [-0.2, -0.15) is 5.10 Å². The van der Waals surface area contributed by atoms with Crippen molar-refractivity contribution in [3.8, 4) is 5.75 Å². The van der Waals surface area contributed by atoms with E-state index in [1.807, 2.05) is 0 Å². The molecular formula is C30H23BrClN5O6S2. The number of benzene rings is 3. The summed E-state index contributed by atoms with van der Waals surface area (Å²) in [6.45, 7) is -0.210. The van der Waals surface area contributed by atoms with E-state index < -0.39 is 15.9 Å². The lowest BCUT2D eigenvalue weighted by Crippen LogP contribution is -2.28. The number of ether oxygens (including phenoxy) is 1. The number of hydrogen-bond acceptors (Lipinski definition) is 9. The monoisotopic (exact) mass is 727 g/mol. The van der Waals surface area contributed by atoms with Crippen molar-refractivity contribution in [3.63, 3.8) is 0 Å². The fraction of sp³-hybridized carbons (Fsp3) is 0.0667. The topological polar surface area (TPSA) is 157 Å². The molecule has 0 unspecified atom stereocenters. The van der Waals surface area contributed by atoms with Crippen LogP contribution < -0.4 is 15.2 Å². The Morgan fingerprint density at radius 3 is 2.56 bits per heavy atom. The summed E-state index contributed by atoms with van der Waals surface area (Å²) in [5, 5.41) is 17.2. The van der Waals surface area contributed by atoms with E-state index in [4.69, 9.17) is 25.9 Å². The smallest absolute Gasteiger partial charge is 0.267 e. The minimum Gasteiger partial charge on any atom is -0.483 e. The molecule has 230 valence electrons. The van der Waals surface area contributed by atoms with Gasteiger partial charge in [0.15, 0.2) is 11.8 Å². The second kappa shape index (κ2) is 14.3. The molecule has 3 aromatic carbocycles. The molecule has 1 fully saturated rings. The van der Waals surface area contributed by atoms with Gasteiger partial charge in [0, 0.05) is 20.7 Å². The molecule has 3 N–H and O–H groups in total. The number of nitrogens with zero attached hydrogens (tertiary/aromatic N) is 3. The molecule has 1 aliphatic heterocycles. The van der Waals surface area contributed by atoms with Crippen LogP contribution in [0.25, 0.3) is 6.08 Å². The van der Waals surface area contributed by atoms with E-state index in [9.17, 15) is 18.0 Å². The Bertz CT molecular complexity index is 1910. The molecule has 0 bridgehead atoms. The largest absolute Gasteiger partial charge is 0.483 e. The van der Waals surface area contributed by atoms with Crippen molar-refractivity contribution in [3.05, 3.63) is 116 Å². The first kappa shape index (κ1) is 32.2. The van der Waals surface area contributed by atoms with Crippen molar-refractivity contribution in [1.29, 1.82) is 0 Å². The summed E-state index contributed by atoms with van der Waals surface area (Å²) in [5.74, 6) is 0.117. The molecule has 2 amide bonds. The van der Waals surface area contributed by atoms with Gasteiger partial charge < -0.3 is 14.5 Å². The summed E-state index contributed by atoms with van der Waals surface area (Å²) in [6, 6.07) is 21.1. The number of thioether (sulfide) groups is 1. The summed E-state index contributed by atoms with van der Waals surface area (Å²) in [5.41, 5.74) is 1.69. The first-order chi connectivity index (χ1) is 21.5. The van der Waals surface area contributed by atoms with Gasteiger partial charge in [-0.05, 0) is 90.1 Å². The van der Waals surface area contributed by atoms with Crippen molar-refractivity contribution in [2.24, 2.45) is 15.3 Å². The van der Waals surface area contributed by atoms with Crippen LogP contribution in [-0.4, -0.2) is 43.1 Å². The third-order valence-electron chi connectivity index (χ3n) is 6.09. The van der Waals surface area contributed by atoms with Gasteiger partial charge in [-0.15, -0.1) is 5.10 Å². The first-order valence-electron chi connectivity index (χ1n) is 13.0. The van der Waals surface area contributed by atoms with Gasteiger partial charge >= 0.3 is 0 Å². The number of hydrogen-bond donors (Lipinski definition) is 2. The SMILES string of the molecule is NS(=O)(=O)c1ccc(NC(=O)COc2ccc(Br)cc2/C=C2\S/C(=N/N=C\c3ccc(Cl)cc3)N(Cc3ccco3)C2=O)cc1. The van der Waals surface area contributed by atoms with E-state index in [1.165, 1.54) is 35.4 Å². The number of halogens is 2. The molecular weight excluding hydrogens is 706 g/mol. The number of carbonyl (C=O) groups is 2. The average molecular weight is 729 g/mol. The normalized spacial score (nSPS) is 15.4. The Morgan fingerprint density at radius 2 is 1.87 bits per heavy atom. The number of furan rings is 1. The van der Waals surface area contributed by atoms with Crippen LogP contribution in [-0.2, 0) is 26.2 Å². The molecule has 5 rings (SSSR count). The molecule has 1 saturated heterocycles. The number of carbonyl (C=O) groups excluding carboxylic acids is 2. The zero-order valence-electron chi connectivity index (χ0n) is 23.1. The molecule has 2 heterocycles. The summed E-state index contributed by atoms with van der Waals surface area (Å²) in [4.78, 5) is 27.9. The van der Waals surface area contributed by atoms with Crippen LogP contribution in [0.4, 0.5) is 5.69 Å². The third kappa shape index (κ3) is 8.71. The average Bonchev–Trinajstić information content (AvgIpc) is 3.62. The minimum absolute atomic E-state index is 0.0760. The maximum atomic E-state index is 13.6. The standard InChI is InChI=1S/C30H23BrClN5O6S2/c31-21-5-12-26(43-18-28(38)35-23-8-10-25(11-9-23)45(33,40)41)20(14-21)15-27-29(39)37(17-24-2-1-13-42-24)30(44-27)36-34-16-19-3-6-22(32)7-4-19/h1-16H,17-18H2,(H,35,38)(H2,33,40,41)/b27-15-,34-16-,36-30+. The molecule has 45 heavy (non-hydrogen) atoms. The number of nitrogens with one attached hydrogen (secondary N) is 1. The van der Waals surface area contributed by atoms with Crippen LogP contribution in [0.15, 0.2) is 114 Å². The summed E-state index contributed by atoms with van der Waals surface area (Å²) < 4.78 is 34.9. The molecule has 4 aromatic rings. The van der Waals surface area contributed by atoms with Crippen molar-refractivity contribution < 1.29 is 27.2 Å². The molecule has 15 heteroatoms. The number of anilines is 1. The molecule has 0 radical (unpaired) electrons. The van der Waals surface area contributed by atoms with E-state index in [0.29, 0.717) is 37.9 Å². The number of amidine groups is 1. The highest BCUT2D eigenvalue weighted by molar-refractivity contribution is 9.10. The van der Waals surface area contributed by atoms with E-state index in [2.05, 4.69) is 31.4 Å². The highest BCUT2D eigenvalue weighted by Crippen LogP contribution is 2.36. The van der Waals surface area contributed by atoms with Gasteiger partial charge in [-0.3, -0.25) is 14.5 Å². The Kier molecular flexibility index (Phi) is 10.2. The number of amides is 2. The molecule has 0 spiro atoms. The number of nitrogens with two attached hydrogens (primary N) is 1. The van der Waals surface area contributed by atoms with Gasteiger partial charge in [0.05, 0.1) is 28.8 Å². The number of sulfonamides is 1. The second-order valence-corrected chi connectivity index (χ2v) is 13.3.